The Hall–Kier alpha value is -2.50. The third-order valence-corrected chi connectivity index (χ3v) is 3.14. The fraction of sp³-hybridized carbons (Fsp3) is 0.333. The molecular formula is C15H17NO5. The van der Waals surface area contributed by atoms with Gasteiger partial charge in [0.25, 0.3) is 5.56 Å². The molecule has 0 aliphatic carbocycles. The number of rotatable bonds is 4. The molecule has 0 unspecified atom stereocenters. The molecule has 0 aliphatic heterocycles. The summed E-state index contributed by atoms with van der Waals surface area (Å²) in [4.78, 5) is 24.2. The molecule has 2 aromatic rings. The lowest BCUT2D eigenvalue weighted by molar-refractivity contribution is 0.0520. The highest BCUT2D eigenvalue weighted by atomic mass is 16.5. The van der Waals surface area contributed by atoms with Gasteiger partial charge in [0.05, 0.1) is 24.1 Å². The average Bonchev–Trinajstić information content (AvgIpc) is 2.45. The molecule has 1 N–H and O–H groups in total. The second-order valence-corrected chi connectivity index (χ2v) is 4.39. The maximum atomic E-state index is 12.3. The summed E-state index contributed by atoms with van der Waals surface area (Å²) in [6, 6.07) is 5.06. The van der Waals surface area contributed by atoms with Crippen LogP contribution in [0, 0.1) is 0 Å². The van der Waals surface area contributed by atoms with Gasteiger partial charge >= 0.3 is 5.97 Å². The summed E-state index contributed by atoms with van der Waals surface area (Å²) < 4.78 is 11.6. The van der Waals surface area contributed by atoms with Crippen molar-refractivity contribution in [2.45, 2.75) is 13.8 Å². The number of aromatic nitrogens is 1. The molecule has 6 nitrogen and oxygen atoms in total. The van der Waals surface area contributed by atoms with Gasteiger partial charge in [0.1, 0.15) is 11.5 Å². The van der Waals surface area contributed by atoms with Gasteiger partial charge in [-0.25, -0.2) is 4.79 Å². The quantitative estimate of drug-likeness (QED) is 0.869. The van der Waals surface area contributed by atoms with E-state index in [4.69, 9.17) is 9.47 Å². The molecule has 0 spiro atoms. The summed E-state index contributed by atoms with van der Waals surface area (Å²) >= 11 is 0. The number of aromatic hydroxyl groups is 1. The van der Waals surface area contributed by atoms with Crippen LogP contribution >= 0.6 is 0 Å². The van der Waals surface area contributed by atoms with Gasteiger partial charge in [-0.1, -0.05) is 6.07 Å². The zero-order valence-corrected chi connectivity index (χ0v) is 12.2. The molecule has 112 valence electrons. The molecule has 1 heterocycles. The number of carbonyl (C=O) groups is 1. The Bertz CT molecular complexity index is 748. The van der Waals surface area contributed by atoms with Crippen LogP contribution in [0.25, 0.3) is 10.9 Å². The summed E-state index contributed by atoms with van der Waals surface area (Å²) in [5.74, 6) is -0.840. The van der Waals surface area contributed by atoms with Crippen LogP contribution in [0.4, 0.5) is 0 Å². The first-order valence-corrected chi connectivity index (χ1v) is 6.67. The number of aryl methyl sites for hydroxylation is 1. The minimum atomic E-state index is -0.844. The maximum Gasteiger partial charge on any atom is 0.347 e. The maximum absolute atomic E-state index is 12.3. The molecule has 1 aromatic heterocycles. The van der Waals surface area contributed by atoms with Crippen molar-refractivity contribution in [3.05, 3.63) is 34.1 Å². The normalized spacial score (nSPS) is 10.6. The van der Waals surface area contributed by atoms with E-state index in [0.29, 0.717) is 23.3 Å². The number of esters is 1. The van der Waals surface area contributed by atoms with E-state index < -0.39 is 17.3 Å². The van der Waals surface area contributed by atoms with E-state index in [-0.39, 0.29) is 12.2 Å². The SMILES string of the molecule is CCOC(=O)c1c(O)c2c(OCC)cccc2n(C)c1=O. The van der Waals surface area contributed by atoms with Gasteiger partial charge < -0.3 is 19.1 Å². The highest BCUT2D eigenvalue weighted by Crippen LogP contribution is 2.34. The van der Waals surface area contributed by atoms with Gasteiger partial charge in [0.2, 0.25) is 0 Å². The van der Waals surface area contributed by atoms with Gasteiger partial charge in [-0.05, 0) is 26.0 Å². The molecule has 0 bridgehead atoms. The van der Waals surface area contributed by atoms with Gasteiger partial charge in [0, 0.05) is 7.05 Å². The molecule has 2 rings (SSSR count). The molecular weight excluding hydrogens is 274 g/mol. The minimum absolute atomic E-state index is 0.118. The van der Waals surface area contributed by atoms with Crippen molar-refractivity contribution in [2.24, 2.45) is 7.05 Å². The molecule has 6 heteroatoms. The Kier molecular flexibility index (Phi) is 4.16. The summed E-state index contributed by atoms with van der Waals surface area (Å²) in [5.41, 5.74) is -0.498. The highest BCUT2D eigenvalue weighted by Gasteiger charge is 2.24. The second kappa shape index (κ2) is 5.87. The predicted molar refractivity (Wildman–Crippen MR) is 78.0 cm³/mol. The summed E-state index contributed by atoms with van der Waals surface area (Å²) in [5, 5.41) is 10.7. The Labute approximate surface area is 121 Å². The standard InChI is InChI=1S/C15H17NO5/c1-4-20-10-8-6-7-9-11(10)13(17)12(14(18)16(9)3)15(19)21-5-2/h6-8,17H,4-5H2,1-3H3. The van der Waals surface area contributed by atoms with Crippen molar-refractivity contribution in [1.82, 2.24) is 4.57 Å². The molecule has 0 saturated heterocycles. The Morgan fingerprint density at radius 2 is 2.00 bits per heavy atom. The van der Waals surface area contributed by atoms with E-state index in [9.17, 15) is 14.7 Å². The molecule has 0 radical (unpaired) electrons. The number of carbonyl (C=O) groups excluding carboxylic acids is 1. The number of pyridine rings is 1. The summed E-state index contributed by atoms with van der Waals surface area (Å²) in [6.45, 7) is 3.96. The Balaban J connectivity index is 2.86. The third-order valence-electron chi connectivity index (χ3n) is 3.14. The van der Waals surface area contributed by atoms with Crippen molar-refractivity contribution < 1.29 is 19.4 Å². The first kappa shape index (κ1) is 14.9. The molecule has 0 fully saturated rings. The van der Waals surface area contributed by atoms with Crippen molar-refractivity contribution in [3.63, 3.8) is 0 Å². The fourth-order valence-corrected chi connectivity index (χ4v) is 2.20. The van der Waals surface area contributed by atoms with Crippen LogP contribution in [-0.4, -0.2) is 28.9 Å². The van der Waals surface area contributed by atoms with E-state index in [1.807, 2.05) is 6.92 Å². The van der Waals surface area contributed by atoms with E-state index in [1.165, 1.54) is 11.6 Å². The van der Waals surface area contributed by atoms with Crippen molar-refractivity contribution in [2.75, 3.05) is 13.2 Å². The Morgan fingerprint density at radius 1 is 1.29 bits per heavy atom. The first-order valence-electron chi connectivity index (χ1n) is 6.67. The number of benzene rings is 1. The van der Waals surface area contributed by atoms with Gasteiger partial charge in [-0.3, -0.25) is 4.79 Å². The van der Waals surface area contributed by atoms with Crippen LogP contribution in [0.5, 0.6) is 11.5 Å². The fourth-order valence-electron chi connectivity index (χ4n) is 2.20. The van der Waals surface area contributed by atoms with E-state index >= 15 is 0 Å². The van der Waals surface area contributed by atoms with Gasteiger partial charge in [0.15, 0.2) is 5.56 Å². The second-order valence-electron chi connectivity index (χ2n) is 4.39. The van der Waals surface area contributed by atoms with Gasteiger partial charge in [-0.2, -0.15) is 0 Å². The predicted octanol–water partition coefficient (Wildman–Crippen LogP) is 1.82. The van der Waals surface area contributed by atoms with Crippen molar-refractivity contribution in [3.8, 4) is 11.5 Å². The van der Waals surface area contributed by atoms with Crippen LogP contribution in [0.15, 0.2) is 23.0 Å². The number of ether oxygens (including phenoxy) is 2. The lowest BCUT2D eigenvalue weighted by Gasteiger charge is -2.14. The van der Waals surface area contributed by atoms with Crippen LogP contribution in [0.2, 0.25) is 0 Å². The number of hydrogen-bond acceptors (Lipinski definition) is 5. The van der Waals surface area contributed by atoms with Crippen molar-refractivity contribution in [1.29, 1.82) is 0 Å². The van der Waals surface area contributed by atoms with Gasteiger partial charge in [-0.15, -0.1) is 0 Å². The molecule has 0 amide bonds. The van der Waals surface area contributed by atoms with Crippen molar-refractivity contribution >= 4 is 16.9 Å². The topological polar surface area (TPSA) is 77.8 Å². The summed E-state index contributed by atoms with van der Waals surface area (Å²) in [6.07, 6.45) is 0. The van der Waals surface area contributed by atoms with E-state index in [1.54, 1.807) is 25.1 Å². The lowest BCUT2D eigenvalue weighted by Crippen LogP contribution is -2.26. The number of fused-ring (bicyclic) bond motifs is 1. The minimum Gasteiger partial charge on any atom is -0.506 e. The van der Waals surface area contributed by atoms with E-state index in [2.05, 4.69) is 0 Å². The summed E-state index contributed by atoms with van der Waals surface area (Å²) in [7, 11) is 1.53. The van der Waals surface area contributed by atoms with Crippen LogP contribution < -0.4 is 10.3 Å². The monoisotopic (exact) mass is 291 g/mol. The largest absolute Gasteiger partial charge is 0.506 e. The molecule has 0 aliphatic rings. The number of hydrogen-bond donors (Lipinski definition) is 1. The van der Waals surface area contributed by atoms with Crippen LogP contribution in [0.1, 0.15) is 24.2 Å². The molecule has 0 atom stereocenters. The molecule has 0 saturated carbocycles. The lowest BCUT2D eigenvalue weighted by atomic mass is 10.1. The molecule has 1 aromatic carbocycles. The Morgan fingerprint density at radius 3 is 2.62 bits per heavy atom. The molecule has 21 heavy (non-hydrogen) atoms. The average molecular weight is 291 g/mol. The smallest absolute Gasteiger partial charge is 0.347 e. The van der Waals surface area contributed by atoms with E-state index in [0.717, 1.165) is 0 Å². The third kappa shape index (κ3) is 2.44. The number of nitrogens with zero attached hydrogens (tertiary/aromatic N) is 1. The zero-order valence-electron chi connectivity index (χ0n) is 12.2. The first-order chi connectivity index (χ1) is 10.0. The zero-order chi connectivity index (χ0) is 15.6. The van der Waals surface area contributed by atoms with Crippen LogP contribution in [0.3, 0.4) is 0 Å². The van der Waals surface area contributed by atoms with Crippen LogP contribution in [-0.2, 0) is 11.8 Å². The highest BCUT2D eigenvalue weighted by molar-refractivity contribution is 6.01.